The van der Waals surface area contributed by atoms with Gasteiger partial charge in [0.25, 0.3) is 0 Å². The number of ether oxygens (including phenoxy) is 1. The van der Waals surface area contributed by atoms with E-state index in [-0.39, 0.29) is 0 Å². The Kier molecular flexibility index (Phi) is 4.65. The van der Waals surface area contributed by atoms with E-state index in [0.717, 1.165) is 37.5 Å². The zero-order valence-corrected chi connectivity index (χ0v) is 13.9. The van der Waals surface area contributed by atoms with E-state index in [1.807, 2.05) is 6.07 Å². The molecule has 2 heterocycles. The summed E-state index contributed by atoms with van der Waals surface area (Å²) in [5, 5.41) is 4.73. The maximum atomic E-state index is 6.23. The van der Waals surface area contributed by atoms with Crippen molar-refractivity contribution in [1.29, 1.82) is 0 Å². The van der Waals surface area contributed by atoms with Crippen LogP contribution in [0.25, 0.3) is 0 Å². The van der Waals surface area contributed by atoms with Gasteiger partial charge < -0.3 is 10.1 Å². The second kappa shape index (κ2) is 6.33. The van der Waals surface area contributed by atoms with Crippen molar-refractivity contribution in [3.63, 3.8) is 0 Å². The molecule has 0 atom stereocenters. The summed E-state index contributed by atoms with van der Waals surface area (Å²) in [5.74, 6) is 0.757. The van der Waals surface area contributed by atoms with Gasteiger partial charge in [0, 0.05) is 23.7 Å². The van der Waals surface area contributed by atoms with Crippen LogP contribution in [-0.2, 0) is 6.54 Å². The third-order valence-corrected chi connectivity index (χ3v) is 5.36. The maximum Gasteiger partial charge on any atom is 0.142 e. The molecule has 116 valence electrons. The second-order valence-corrected chi connectivity index (χ2v) is 7.13. The fourth-order valence-corrected chi connectivity index (χ4v) is 4.34. The van der Waals surface area contributed by atoms with Crippen molar-refractivity contribution < 1.29 is 4.74 Å². The first-order chi connectivity index (χ1) is 10.1. The number of nitrogens with one attached hydrogen (secondary N) is 1. The summed E-state index contributed by atoms with van der Waals surface area (Å²) in [6, 6.07) is 3.71. The molecule has 0 radical (unpaired) electrons. The fraction of sp³-hybridized carbons (Fsp3) is 0.625. The standard InChI is InChI=1S/C16H22Cl2N2O/c1-21-15-12(8-13(17)9-14(15)18)10-20-7-4-16(11-20)2-5-19-6-3-16/h8-9,19H,2-7,10-11H2,1H3. The summed E-state index contributed by atoms with van der Waals surface area (Å²) in [4.78, 5) is 2.51. The third kappa shape index (κ3) is 3.31. The van der Waals surface area contributed by atoms with Gasteiger partial charge in [-0.05, 0) is 56.4 Å². The van der Waals surface area contributed by atoms with Crippen LogP contribution in [0, 0.1) is 5.41 Å². The Hall–Kier alpha value is -0.480. The molecule has 3 rings (SSSR count). The number of piperidine rings is 1. The molecule has 2 fully saturated rings. The molecule has 1 spiro atoms. The molecule has 0 aromatic heterocycles. The number of likely N-dealkylation sites (tertiary alicyclic amines) is 1. The molecule has 0 saturated carbocycles. The van der Waals surface area contributed by atoms with Gasteiger partial charge in [0.1, 0.15) is 5.75 Å². The van der Waals surface area contributed by atoms with Crippen molar-refractivity contribution >= 4 is 23.2 Å². The number of hydrogen-bond donors (Lipinski definition) is 1. The molecule has 1 N–H and O–H groups in total. The smallest absolute Gasteiger partial charge is 0.142 e. The average Bonchev–Trinajstić information content (AvgIpc) is 2.82. The van der Waals surface area contributed by atoms with Gasteiger partial charge in [-0.15, -0.1) is 0 Å². The van der Waals surface area contributed by atoms with Crippen LogP contribution in [0.3, 0.4) is 0 Å². The van der Waals surface area contributed by atoms with Gasteiger partial charge in [0.2, 0.25) is 0 Å². The largest absolute Gasteiger partial charge is 0.495 e. The topological polar surface area (TPSA) is 24.5 Å². The number of nitrogens with zero attached hydrogens (tertiary/aromatic N) is 1. The Morgan fingerprint density at radius 2 is 2.00 bits per heavy atom. The molecule has 21 heavy (non-hydrogen) atoms. The normalized spacial score (nSPS) is 21.9. The molecule has 5 heteroatoms. The van der Waals surface area contributed by atoms with E-state index in [2.05, 4.69) is 10.2 Å². The minimum absolute atomic E-state index is 0.515. The predicted octanol–water partition coefficient (Wildman–Crippen LogP) is 3.58. The molecular formula is C16H22Cl2N2O. The Labute approximate surface area is 136 Å². The van der Waals surface area contributed by atoms with Crippen LogP contribution >= 0.6 is 23.2 Å². The van der Waals surface area contributed by atoms with Crippen LogP contribution in [0.2, 0.25) is 10.0 Å². The quantitative estimate of drug-likeness (QED) is 0.917. The predicted molar refractivity (Wildman–Crippen MR) is 87.4 cm³/mol. The van der Waals surface area contributed by atoms with Gasteiger partial charge in [-0.3, -0.25) is 4.90 Å². The van der Waals surface area contributed by atoms with E-state index in [9.17, 15) is 0 Å². The first kappa shape index (κ1) is 15.4. The summed E-state index contributed by atoms with van der Waals surface area (Å²) in [6.45, 7) is 5.48. The monoisotopic (exact) mass is 328 g/mol. The van der Waals surface area contributed by atoms with Gasteiger partial charge in [-0.1, -0.05) is 23.2 Å². The van der Waals surface area contributed by atoms with Crippen molar-refractivity contribution in [3.05, 3.63) is 27.7 Å². The average molecular weight is 329 g/mol. The lowest BCUT2D eigenvalue weighted by Gasteiger charge is -2.34. The highest BCUT2D eigenvalue weighted by Gasteiger charge is 2.38. The minimum Gasteiger partial charge on any atom is -0.495 e. The minimum atomic E-state index is 0.515. The van der Waals surface area contributed by atoms with E-state index in [4.69, 9.17) is 27.9 Å². The Morgan fingerprint density at radius 3 is 2.71 bits per heavy atom. The number of methoxy groups -OCH3 is 1. The molecule has 0 bridgehead atoms. The van der Waals surface area contributed by atoms with Crippen LogP contribution < -0.4 is 10.1 Å². The number of halogens is 2. The number of benzene rings is 1. The maximum absolute atomic E-state index is 6.23. The van der Waals surface area contributed by atoms with Gasteiger partial charge in [0.15, 0.2) is 0 Å². The lowest BCUT2D eigenvalue weighted by Crippen LogP contribution is -2.38. The molecule has 0 amide bonds. The van der Waals surface area contributed by atoms with E-state index in [1.165, 1.54) is 25.8 Å². The molecular weight excluding hydrogens is 307 g/mol. The molecule has 2 aliphatic heterocycles. The number of hydrogen-bond acceptors (Lipinski definition) is 3. The van der Waals surface area contributed by atoms with Crippen molar-refractivity contribution in [2.75, 3.05) is 33.3 Å². The molecule has 2 saturated heterocycles. The van der Waals surface area contributed by atoms with Crippen molar-refractivity contribution in [3.8, 4) is 5.75 Å². The van der Waals surface area contributed by atoms with Crippen molar-refractivity contribution in [1.82, 2.24) is 10.2 Å². The van der Waals surface area contributed by atoms with Crippen LogP contribution in [-0.4, -0.2) is 38.2 Å². The highest BCUT2D eigenvalue weighted by Crippen LogP contribution is 2.40. The molecule has 1 aromatic rings. The van der Waals surface area contributed by atoms with Gasteiger partial charge >= 0.3 is 0 Å². The Bertz CT molecular complexity index is 515. The first-order valence-corrected chi connectivity index (χ1v) is 8.32. The van der Waals surface area contributed by atoms with E-state index in [1.54, 1.807) is 13.2 Å². The van der Waals surface area contributed by atoms with Crippen LogP contribution in [0.4, 0.5) is 0 Å². The van der Waals surface area contributed by atoms with Gasteiger partial charge in [-0.25, -0.2) is 0 Å². The van der Waals surface area contributed by atoms with Crippen LogP contribution in [0.15, 0.2) is 12.1 Å². The highest BCUT2D eigenvalue weighted by atomic mass is 35.5. The van der Waals surface area contributed by atoms with E-state index in [0.29, 0.717) is 15.5 Å². The summed E-state index contributed by atoms with van der Waals surface area (Å²) in [5.41, 5.74) is 1.60. The lowest BCUT2D eigenvalue weighted by atomic mass is 9.78. The van der Waals surface area contributed by atoms with Gasteiger partial charge in [-0.2, -0.15) is 0 Å². The van der Waals surface area contributed by atoms with Gasteiger partial charge in [0.05, 0.1) is 12.1 Å². The first-order valence-electron chi connectivity index (χ1n) is 7.57. The Morgan fingerprint density at radius 1 is 1.24 bits per heavy atom. The highest BCUT2D eigenvalue weighted by molar-refractivity contribution is 6.35. The molecule has 1 aromatic carbocycles. The Balaban J connectivity index is 1.73. The van der Waals surface area contributed by atoms with Crippen molar-refractivity contribution in [2.24, 2.45) is 5.41 Å². The summed E-state index contributed by atoms with van der Waals surface area (Å²) in [7, 11) is 1.66. The summed E-state index contributed by atoms with van der Waals surface area (Å²) in [6.07, 6.45) is 3.87. The third-order valence-electron chi connectivity index (χ3n) is 4.86. The zero-order chi connectivity index (χ0) is 14.9. The number of rotatable bonds is 3. The molecule has 3 nitrogen and oxygen atoms in total. The lowest BCUT2D eigenvalue weighted by molar-refractivity contribution is 0.193. The summed E-state index contributed by atoms with van der Waals surface area (Å²) < 4.78 is 5.45. The van der Waals surface area contributed by atoms with Crippen LogP contribution in [0.1, 0.15) is 24.8 Å². The molecule has 0 aliphatic carbocycles. The van der Waals surface area contributed by atoms with Crippen molar-refractivity contribution in [2.45, 2.75) is 25.8 Å². The van der Waals surface area contributed by atoms with E-state index < -0.39 is 0 Å². The fourth-order valence-electron chi connectivity index (χ4n) is 3.73. The summed E-state index contributed by atoms with van der Waals surface area (Å²) >= 11 is 12.4. The van der Waals surface area contributed by atoms with E-state index >= 15 is 0 Å². The zero-order valence-electron chi connectivity index (χ0n) is 12.4. The SMILES string of the molecule is COc1c(Cl)cc(Cl)cc1CN1CCC2(CCNCC2)C1. The second-order valence-electron chi connectivity index (χ2n) is 6.29. The van der Waals surface area contributed by atoms with Crippen LogP contribution in [0.5, 0.6) is 5.75 Å². The molecule has 0 unspecified atom stereocenters. The molecule has 2 aliphatic rings.